The molecule has 0 radical (unpaired) electrons. The van der Waals surface area contributed by atoms with E-state index in [2.05, 4.69) is 5.32 Å². The Kier molecular flexibility index (Phi) is 8.64. The minimum atomic E-state index is -3.71. The van der Waals surface area contributed by atoms with Crippen LogP contribution in [0.15, 0.2) is 29.2 Å². The monoisotopic (exact) mass is 467 g/mol. The van der Waals surface area contributed by atoms with Gasteiger partial charge in [-0.25, -0.2) is 17.1 Å². The number of nitrogens with zero attached hydrogens (tertiary/aromatic N) is 2. The third kappa shape index (κ3) is 6.51. The minimum absolute atomic E-state index is 0.00892. The molecule has 3 rings (SSSR count). The number of piperidine rings is 1. The van der Waals surface area contributed by atoms with Crippen molar-refractivity contribution in [3.63, 3.8) is 0 Å². The Balaban J connectivity index is 1.37. The minimum Gasteiger partial charge on any atom is -0.353 e. The Hall–Kier alpha value is -2.00. The molecule has 1 N–H and O–H groups in total. The first kappa shape index (κ1) is 24.6. The molecule has 2 amide bonds. The van der Waals surface area contributed by atoms with E-state index in [4.69, 9.17) is 0 Å². The van der Waals surface area contributed by atoms with Crippen LogP contribution in [0, 0.1) is 11.7 Å². The zero-order valence-corrected chi connectivity index (χ0v) is 19.6. The van der Waals surface area contributed by atoms with Gasteiger partial charge in [-0.3, -0.25) is 9.59 Å². The second-order valence-electron chi connectivity index (χ2n) is 8.88. The van der Waals surface area contributed by atoms with Crippen molar-refractivity contribution >= 4 is 21.8 Å². The number of nitrogens with one attached hydrogen (secondary N) is 1. The second kappa shape index (κ2) is 11.2. The molecule has 2 aliphatic rings. The molecular weight excluding hydrogens is 433 g/mol. The predicted molar refractivity (Wildman–Crippen MR) is 120 cm³/mol. The smallest absolute Gasteiger partial charge is 0.242 e. The van der Waals surface area contributed by atoms with E-state index in [-0.39, 0.29) is 41.6 Å². The normalized spacial score (nSPS) is 18.7. The van der Waals surface area contributed by atoms with Gasteiger partial charge in [-0.15, -0.1) is 0 Å². The Morgan fingerprint density at radius 3 is 2.31 bits per heavy atom. The molecule has 178 valence electrons. The van der Waals surface area contributed by atoms with Crippen molar-refractivity contribution < 1.29 is 22.4 Å². The summed E-state index contributed by atoms with van der Waals surface area (Å²) in [5.74, 6) is -0.171. The highest BCUT2D eigenvalue weighted by atomic mass is 32.2. The van der Waals surface area contributed by atoms with Gasteiger partial charge in [-0.1, -0.05) is 19.3 Å². The summed E-state index contributed by atoms with van der Waals surface area (Å²) >= 11 is 0. The summed E-state index contributed by atoms with van der Waals surface area (Å²) in [6.45, 7) is 1.43. The van der Waals surface area contributed by atoms with Crippen LogP contribution < -0.4 is 5.32 Å². The molecule has 0 spiro atoms. The molecule has 1 aliphatic carbocycles. The van der Waals surface area contributed by atoms with Gasteiger partial charge in [-0.2, -0.15) is 0 Å². The van der Waals surface area contributed by atoms with Crippen LogP contribution in [0.2, 0.25) is 0 Å². The Labute approximate surface area is 190 Å². The lowest BCUT2D eigenvalue weighted by Gasteiger charge is -2.33. The number of halogens is 1. The van der Waals surface area contributed by atoms with Crippen molar-refractivity contribution in [2.45, 2.75) is 68.7 Å². The van der Waals surface area contributed by atoms with Gasteiger partial charge in [0.1, 0.15) is 5.82 Å². The van der Waals surface area contributed by atoms with Crippen LogP contribution in [0.25, 0.3) is 0 Å². The highest BCUT2D eigenvalue weighted by Crippen LogP contribution is 2.24. The predicted octanol–water partition coefficient (Wildman–Crippen LogP) is 2.91. The summed E-state index contributed by atoms with van der Waals surface area (Å²) in [6.07, 6.45) is 7.63. The van der Waals surface area contributed by atoms with Gasteiger partial charge in [0.25, 0.3) is 0 Å². The molecule has 1 aliphatic heterocycles. The quantitative estimate of drug-likeness (QED) is 0.637. The van der Waals surface area contributed by atoms with Gasteiger partial charge in [0.15, 0.2) is 0 Å². The van der Waals surface area contributed by atoms with E-state index >= 15 is 0 Å². The van der Waals surface area contributed by atoms with Gasteiger partial charge in [0.05, 0.1) is 4.90 Å². The van der Waals surface area contributed by atoms with Crippen LogP contribution in [-0.2, 0) is 19.6 Å². The van der Waals surface area contributed by atoms with Gasteiger partial charge >= 0.3 is 0 Å². The van der Waals surface area contributed by atoms with Gasteiger partial charge in [-0.05, 0) is 56.4 Å². The Morgan fingerprint density at radius 2 is 1.69 bits per heavy atom. The number of likely N-dealkylation sites (tertiary alicyclic amines) is 1. The molecule has 0 unspecified atom stereocenters. The van der Waals surface area contributed by atoms with E-state index in [1.54, 1.807) is 4.90 Å². The van der Waals surface area contributed by atoms with Crippen molar-refractivity contribution in [3.05, 3.63) is 30.1 Å². The molecule has 2 fully saturated rings. The fourth-order valence-electron chi connectivity index (χ4n) is 4.47. The first-order valence-electron chi connectivity index (χ1n) is 11.6. The van der Waals surface area contributed by atoms with E-state index in [0.29, 0.717) is 19.5 Å². The molecule has 0 bridgehead atoms. The molecular formula is C23H34FN3O4S. The van der Waals surface area contributed by atoms with Crippen molar-refractivity contribution in [2.24, 2.45) is 5.92 Å². The average molecular weight is 468 g/mol. The molecule has 0 aromatic heterocycles. The van der Waals surface area contributed by atoms with E-state index < -0.39 is 15.8 Å². The fraction of sp³-hybridized carbons (Fsp3) is 0.652. The summed E-state index contributed by atoms with van der Waals surface area (Å²) in [6, 6.07) is 4.84. The molecule has 0 atom stereocenters. The molecule has 1 aromatic carbocycles. The van der Waals surface area contributed by atoms with E-state index in [1.165, 1.54) is 29.9 Å². The topological polar surface area (TPSA) is 86.8 Å². The highest BCUT2D eigenvalue weighted by molar-refractivity contribution is 7.89. The highest BCUT2D eigenvalue weighted by Gasteiger charge is 2.27. The summed E-state index contributed by atoms with van der Waals surface area (Å²) in [7, 11) is -2.24. The maximum absolute atomic E-state index is 13.0. The summed E-state index contributed by atoms with van der Waals surface area (Å²) < 4.78 is 39.3. The number of carbonyl (C=O) groups is 2. The van der Waals surface area contributed by atoms with E-state index in [9.17, 15) is 22.4 Å². The standard InChI is InChI=1S/C23H34FN3O4S/c1-26(32(30,31)21-11-9-19(24)10-12-21)15-5-8-22(28)27-16-13-20(14-17-27)25-23(29)18-6-3-2-4-7-18/h9-12,18,20H,2-8,13-17H2,1H3,(H,25,29). The Morgan fingerprint density at radius 1 is 1.06 bits per heavy atom. The van der Waals surface area contributed by atoms with Crippen LogP contribution in [0.1, 0.15) is 57.8 Å². The van der Waals surface area contributed by atoms with Crippen LogP contribution in [0.3, 0.4) is 0 Å². The zero-order chi connectivity index (χ0) is 23.1. The van der Waals surface area contributed by atoms with Gasteiger partial charge in [0.2, 0.25) is 21.8 Å². The summed E-state index contributed by atoms with van der Waals surface area (Å²) in [5, 5.41) is 3.17. The van der Waals surface area contributed by atoms with E-state index in [0.717, 1.165) is 50.7 Å². The lowest BCUT2D eigenvalue weighted by molar-refractivity contribution is -0.132. The number of hydrogen-bond acceptors (Lipinski definition) is 4. The average Bonchev–Trinajstić information content (AvgIpc) is 2.80. The van der Waals surface area contributed by atoms with Crippen LogP contribution >= 0.6 is 0 Å². The summed E-state index contributed by atoms with van der Waals surface area (Å²) in [5.41, 5.74) is 0. The van der Waals surface area contributed by atoms with Gasteiger partial charge < -0.3 is 10.2 Å². The maximum atomic E-state index is 13.0. The molecule has 9 heteroatoms. The largest absolute Gasteiger partial charge is 0.353 e. The van der Waals surface area contributed by atoms with Crippen LogP contribution in [0.4, 0.5) is 4.39 Å². The Bertz CT molecular complexity index is 877. The molecule has 1 saturated heterocycles. The van der Waals surface area contributed by atoms with Crippen molar-refractivity contribution in [2.75, 3.05) is 26.7 Å². The third-order valence-corrected chi connectivity index (χ3v) is 8.43. The van der Waals surface area contributed by atoms with Gasteiger partial charge in [0, 0.05) is 45.1 Å². The number of carbonyl (C=O) groups excluding carboxylic acids is 2. The zero-order valence-electron chi connectivity index (χ0n) is 18.8. The molecule has 7 nitrogen and oxygen atoms in total. The summed E-state index contributed by atoms with van der Waals surface area (Å²) in [4.78, 5) is 26.8. The van der Waals surface area contributed by atoms with Crippen molar-refractivity contribution in [1.82, 2.24) is 14.5 Å². The van der Waals surface area contributed by atoms with Crippen molar-refractivity contribution in [3.8, 4) is 0 Å². The van der Waals surface area contributed by atoms with Crippen molar-refractivity contribution in [1.29, 1.82) is 0 Å². The first-order chi connectivity index (χ1) is 15.3. The van der Waals surface area contributed by atoms with Crippen LogP contribution in [0.5, 0.6) is 0 Å². The second-order valence-corrected chi connectivity index (χ2v) is 10.9. The molecule has 1 saturated carbocycles. The molecule has 1 heterocycles. The molecule has 1 aromatic rings. The SMILES string of the molecule is CN(CCCC(=O)N1CCC(NC(=O)C2CCCCC2)CC1)S(=O)(=O)c1ccc(F)cc1. The maximum Gasteiger partial charge on any atom is 0.242 e. The first-order valence-corrected chi connectivity index (χ1v) is 13.0. The number of rotatable bonds is 8. The number of benzene rings is 1. The number of hydrogen-bond donors (Lipinski definition) is 1. The third-order valence-electron chi connectivity index (χ3n) is 6.56. The molecule has 32 heavy (non-hydrogen) atoms. The lowest BCUT2D eigenvalue weighted by atomic mass is 9.88. The number of amides is 2. The van der Waals surface area contributed by atoms with E-state index in [1.807, 2.05) is 0 Å². The fourth-order valence-corrected chi connectivity index (χ4v) is 5.68. The van der Waals surface area contributed by atoms with Crippen LogP contribution in [-0.4, -0.2) is 62.2 Å². The number of sulfonamides is 1. The lowest BCUT2D eigenvalue weighted by Crippen LogP contribution is -2.48.